The number of tetrazole rings is 1. The fourth-order valence-electron chi connectivity index (χ4n) is 2.21. The van der Waals surface area contributed by atoms with Crippen LogP contribution in [0.2, 0.25) is 0 Å². The van der Waals surface area contributed by atoms with Gasteiger partial charge in [0.25, 0.3) is 0 Å². The smallest absolute Gasteiger partial charge is 0.242 e. The third-order valence-corrected chi connectivity index (χ3v) is 3.32. The molecule has 0 bridgehead atoms. The van der Waals surface area contributed by atoms with E-state index in [2.05, 4.69) is 34.7 Å². The first-order valence-electron chi connectivity index (χ1n) is 7.76. The summed E-state index contributed by atoms with van der Waals surface area (Å²) in [7, 11) is 0. The number of nitrogens with zero attached hydrogens (tertiary/aromatic N) is 4. The highest BCUT2D eigenvalue weighted by atomic mass is 16.2. The summed E-state index contributed by atoms with van der Waals surface area (Å²) >= 11 is 0. The van der Waals surface area contributed by atoms with Gasteiger partial charge in [-0.3, -0.25) is 4.79 Å². The molecule has 1 atom stereocenters. The molecule has 6 heteroatoms. The van der Waals surface area contributed by atoms with Gasteiger partial charge in [0.15, 0.2) is 5.82 Å². The van der Waals surface area contributed by atoms with Crippen LogP contribution in [0, 0.1) is 5.92 Å². The van der Waals surface area contributed by atoms with E-state index in [0.29, 0.717) is 5.92 Å². The van der Waals surface area contributed by atoms with Gasteiger partial charge in [0.1, 0.15) is 6.54 Å². The van der Waals surface area contributed by atoms with Crippen molar-refractivity contribution in [3.8, 4) is 0 Å². The number of carbonyl (C=O) groups is 1. The Hall–Kier alpha value is -1.46. The fraction of sp³-hybridized carbons (Fsp3) is 0.867. The van der Waals surface area contributed by atoms with Crippen LogP contribution in [0.15, 0.2) is 0 Å². The molecule has 0 fully saturated rings. The first-order valence-corrected chi connectivity index (χ1v) is 7.76. The molecule has 0 spiro atoms. The average Bonchev–Trinajstić information content (AvgIpc) is 2.75. The van der Waals surface area contributed by atoms with Crippen LogP contribution in [0.5, 0.6) is 0 Å². The van der Waals surface area contributed by atoms with Gasteiger partial charge in [-0.2, -0.15) is 0 Å². The first kappa shape index (κ1) is 17.6. The van der Waals surface area contributed by atoms with Crippen molar-refractivity contribution in [2.75, 3.05) is 0 Å². The van der Waals surface area contributed by atoms with E-state index in [1.807, 2.05) is 27.7 Å². The zero-order valence-electron chi connectivity index (χ0n) is 14.2. The Balaban J connectivity index is 2.45. The third-order valence-electron chi connectivity index (χ3n) is 3.32. The molecule has 0 saturated carbocycles. The lowest BCUT2D eigenvalue weighted by molar-refractivity contribution is -0.122. The van der Waals surface area contributed by atoms with Gasteiger partial charge < -0.3 is 5.32 Å². The normalized spacial score (nSPS) is 13.5. The van der Waals surface area contributed by atoms with E-state index in [1.165, 1.54) is 6.42 Å². The van der Waals surface area contributed by atoms with Crippen molar-refractivity contribution >= 4 is 5.91 Å². The van der Waals surface area contributed by atoms with Crippen molar-refractivity contribution in [3.05, 3.63) is 5.82 Å². The molecule has 1 amide bonds. The van der Waals surface area contributed by atoms with Crippen molar-refractivity contribution in [1.82, 2.24) is 25.5 Å². The molecule has 0 aliphatic carbocycles. The van der Waals surface area contributed by atoms with Gasteiger partial charge in [-0.05, 0) is 29.7 Å². The number of nitrogens with one attached hydrogen (secondary N) is 1. The lowest BCUT2D eigenvalue weighted by Gasteiger charge is -2.18. The standard InChI is InChI=1S/C15H29N5O/c1-11(2)8-7-9-12(3)16-13(21)10-20-14(15(4,5)6)17-18-19-20/h11-12H,7-10H2,1-6H3,(H,16,21). The van der Waals surface area contributed by atoms with Crippen molar-refractivity contribution < 1.29 is 4.79 Å². The Kier molecular flexibility index (Phi) is 6.30. The van der Waals surface area contributed by atoms with E-state index < -0.39 is 0 Å². The monoisotopic (exact) mass is 295 g/mol. The molecule has 21 heavy (non-hydrogen) atoms. The highest BCUT2D eigenvalue weighted by Gasteiger charge is 2.23. The number of carbonyl (C=O) groups excluding carboxylic acids is 1. The summed E-state index contributed by atoms with van der Waals surface area (Å²) in [6, 6.07) is 0.186. The summed E-state index contributed by atoms with van der Waals surface area (Å²) in [5, 5.41) is 14.6. The minimum absolute atomic E-state index is 0.0372. The maximum atomic E-state index is 12.1. The molecule has 6 nitrogen and oxygen atoms in total. The molecule has 0 aliphatic rings. The van der Waals surface area contributed by atoms with Crippen LogP contribution in [-0.4, -0.2) is 32.2 Å². The van der Waals surface area contributed by atoms with Crippen LogP contribution in [0.1, 0.15) is 66.6 Å². The lowest BCUT2D eigenvalue weighted by atomic mass is 9.96. The molecular formula is C15H29N5O. The molecule has 0 aliphatic heterocycles. The molecule has 1 aromatic rings. The van der Waals surface area contributed by atoms with E-state index in [1.54, 1.807) is 4.68 Å². The van der Waals surface area contributed by atoms with Crippen molar-refractivity contribution in [2.24, 2.45) is 5.92 Å². The maximum absolute atomic E-state index is 12.1. The average molecular weight is 295 g/mol. The zero-order chi connectivity index (χ0) is 16.0. The minimum Gasteiger partial charge on any atom is -0.352 e. The van der Waals surface area contributed by atoms with E-state index in [9.17, 15) is 4.79 Å². The molecule has 1 N–H and O–H groups in total. The second-order valence-corrected chi connectivity index (χ2v) is 7.20. The molecule has 1 heterocycles. The number of amides is 1. The van der Waals surface area contributed by atoms with Crippen molar-refractivity contribution in [1.29, 1.82) is 0 Å². The topological polar surface area (TPSA) is 72.7 Å². The number of rotatable bonds is 7. The van der Waals surface area contributed by atoms with Gasteiger partial charge in [-0.1, -0.05) is 47.5 Å². The molecule has 0 aromatic carbocycles. The molecule has 120 valence electrons. The molecule has 0 radical (unpaired) electrons. The van der Waals surface area contributed by atoms with E-state index in [0.717, 1.165) is 18.7 Å². The Morgan fingerprint density at radius 3 is 2.48 bits per heavy atom. The molecular weight excluding hydrogens is 266 g/mol. The summed E-state index contributed by atoms with van der Waals surface area (Å²) < 4.78 is 1.58. The molecule has 1 rings (SSSR count). The number of hydrogen-bond acceptors (Lipinski definition) is 4. The van der Waals surface area contributed by atoms with Crippen LogP contribution in [-0.2, 0) is 16.8 Å². The van der Waals surface area contributed by atoms with Crippen LogP contribution in [0.25, 0.3) is 0 Å². The highest BCUT2D eigenvalue weighted by molar-refractivity contribution is 5.75. The van der Waals surface area contributed by atoms with E-state index >= 15 is 0 Å². The van der Waals surface area contributed by atoms with Crippen LogP contribution >= 0.6 is 0 Å². The summed E-state index contributed by atoms with van der Waals surface area (Å²) in [5.74, 6) is 1.40. The molecule has 0 saturated heterocycles. The fourth-order valence-corrected chi connectivity index (χ4v) is 2.21. The predicted molar refractivity (Wildman–Crippen MR) is 82.8 cm³/mol. The van der Waals surface area contributed by atoms with Gasteiger partial charge in [0.2, 0.25) is 5.91 Å². The minimum atomic E-state index is -0.174. The zero-order valence-corrected chi connectivity index (χ0v) is 14.2. The molecule has 1 unspecified atom stereocenters. The van der Waals surface area contributed by atoms with Crippen molar-refractivity contribution in [2.45, 2.75) is 78.8 Å². The van der Waals surface area contributed by atoms with Crippen LogP contribution < -0.4 is 5.32 Å². The SMILES string of the molecule is CC(C)CCCC(C)NC(=O)Cn1nnnc1C(C)(C)C. The lowest BCUT2D eigenvalue weighted by Crippen LogP contribution is -2.36. The van der Waals surface area contributed by atoms with E-state index in [-0.39, 0.29) is 23.9 Å². The van der Waals surface area contributed by atoms with Gasteiger partial charge in [0, 0.05) is 11.5 Å². The number of aromatic nitrogens is 4. The summed E-state index contributed by atoms with van der Waals surface area (Å²) in [6.45, 7) is 12.7. The maximum Gasteiger partial charge on any atom is 0.242 e. The second-order valence-electron chi connectivity index (χ2n) is 7.20. The van der Waals surface area contributed by atoms with E-state index in [4.69, 9.17) is 0 Å². The molecule has 1 aromatic heterocycles. The summed E-state index contributed by atoms with van der Waals surface area (Å²) in [5.41, 5.74) is -0.174. The summed E-state index contributed by atoms with van der Waals surface area (Å²) in [6.07, 6.45) is 3.34. The summed E-state index contributed by atoms with van der Waals surface area (Å²) in [4.78, 5) is 12.1. The quantitative estimate of drug-likeness (QED) is 0.837. The third kappa shape index (κ3) is 6.23. The van der Waals surface area contributed by atoms with Crippen LogP contribution in [0.3, 0.4) is 0 Å². The van der Waals surface area contributed by atoms with Gasteiger partial charge in [-0.25, -0.2) is 4.68 Å². The predicted octanol–water partition coefficient (Wildman–Crippen LogP) is 2.30. The van der Waals surface area contributed by atoms with Gasteiger partial charge >= 0.3 is 0 Å². The van der Waals surface area contributed by atoms with Gasteiger partial charge in [-0.15, -0.1) is 5.10 Å². The Labute approximate surface area is 127 Å². The number of hydrogen-bond donors (Lipinski definition) is 1. The Bertz CT molecular complexity index is 447. The second kappa shape index (κ2) is 7.52. The largest absolute Gasteiger partial charge is 0.352 e. The Morgan fingerprint density at radius 1 is 1.24 bits per heavy atom. The Morgan fingerprint density at radius 2 is 1.90 bits per heavy atom. The highest BCUT2D eigenvalue weighted by Crippen LogP contribution is 2.18. The van der Waals surface area contributed by atoms with Gasteiger partial charge in [0.05, 0.1) is 0 Å². The van der Waals surface area contributed by atoms with Crippen LogP contribution in [0.4, 0.5) is 0 Å². The van der Waals surface area contributed by atoms with Crippen molar-refractivity contribution in [3.63, 3.8) is 0 Å². The first-order chi connectivity index (χ1) is 9.70.